The first-order chi connectivity index (χ1) is 29.4. The van der Waals surface area contributed by atoms with E-state index in [1.807, 2.05) is 30.5 Å². The predicted octanol–water partition coefficient (Wildman–Crippen LogP) is 14.6. The fourth-order valence-electron chi connectivity index (χ4n) is 8.56. The van der Waals surface area contributed by atoms with Crippen LogP contribution in [0.15, 0.2) is 182 Å². The molecule has 0 saturated heterocycles. The van der Waals surface area contributed by atoms with Crippen molar-refractivity contribution in [2.75, 3.05) is 0 Å². The smallest absolute Gasteiger partial charge is 0.149 e. The van der Waals surface area contributed by atoms with Crippen LogP contribution in [0.25, 0.3) is 72.7 Å². The molecule has 0 aliphatic rings. The highest BCUT2D eigenvalue weighted by Crippen LogP contribution is 2.44. The van der Waals surface area contributed by atoms with Crippen LogP contribution in [0.2, 0.25) is 0 Å². The van der Waals surface area contributed by atoms with Gasteiger partial charge in [-0.3, -0.25) is 9.55 Å². The lowest BCUT2D eigenvalue weighted by Gasteiger charge is -2.26. The molecule has 0 atom stereocenters. The van der Waals surface area contributed by atoms with E-state index < -0.39 is 0 Å². The van der Waals surface area contributed by atoms with Crippen molar-refractivity contribution in [2.45, 2.75) is 58.8 Å². The van der Waals surface area contributed by atoms with Gasteiger partial charge >= 0.3 is 0 Å². The van der Waals surface area contributed by atoms with Crippen molar-refractivity contribution in [3.05, 3.63) is 204 Å². The average Bonchev–Trinajstić information content (AvgIpc) is 3.66. The van der Waals surface area contributed by atoms with Crippen LogP contribution in [-0.4, -0.2) is 19.6 Å². The van der Waals surface area contributed by atoms with Crippen LogP contribution in [0.5, 0.6) is 5.75 Å². The largest absolute Gasteiger partial charge is 0.507 e. The lowest BCUT2D eigenvalue weighted by Crippen LogP contribution is -2.16. The van der Waals surface area contributed by atoms with Crippen molar-refractivity contribution >= 4 is 11.0 Å². The number of aromatic nitrogens is 3. The van der Waals surface area contributed by atoms with Crippen molar-refractivity contribution in [3.63, 3.8) is 0 Å². The van der Waals surface area contributed by atoms with Gasteiger partial charge in [-0.25, -0.2) is 4.98 Å². The molecule has 0 aliphatic heterocycles. The summed E-state index contributed by atoms with van der Waals surface area (Å²) in [5.41, 5.74) is 16.2. The second kappa shape index (κ2) is 15.9. The van der Waals surface area contributed by atoms with Gasteiger partial charge in [0.1, 0.15) is 11.6 Å². The fraction of sp³-hybridized carbons (Fsp3) is 0.158. The summed E-state index contributed by atoms with van der Waals surface area (Å²) in [4.78, 5) is 10.5. The number of phenols is 1. The molecule has 1 N–H and O–H groups in total. The number of rotatable bonds is 8. The van der Waals surface area contributed by atoms with Crippen molar-refractivity contribution < 1.29 is 5.11 Å². The second-order valence-corrected chi connectivity index (χ2v) is 18.1. The number of aromatic hydroxyl groups is 1. The molecule has 0 fully saturated rings. The molecule has 2 heterocycles. The van der Waals surface area contributed by atoms with Gasteiger partial charge in [0.2, 0.25) is 0 Å². The molecule has 4 nitrogen and oxygen atoms in total. The molecule has 300 valence electrons. The molecule has 7 aromatic carbocycles. The average molecular weight is 794 g/mol. The maximum Gasteiger partial charge on any atom is 0.149 e. The van der Waals surface area contributed by atoms with Crippen LogP contribution < -0.4 is 0 Å². The lowest BCUT2D eigenvalue weighted by atomic mass is 9.83. The maximum absolute atomic E-state index is 12.2. The Morgan fingerprint density at radius 3 is 1.75 bits per heavy atom. The van der Waals surface area contributed by atoms with Gasteiger partial charge in [-0.1, -0.05) is 169 Å². The SMILES string of the molecule is CC(C)(C)c1cc(-c2ccccc2)ccc1-n1c(-c2cccc(C(C)(C)C)c2O)nc2c(-c3cc(Cc4ccccc4)cc(-c4cc(-c5ccccc5)ccn4)c3)cccc21. The molecular formula is C57H51N3O. The molecule has 61 heavy (non-hydrogen) atoms. The third kappa shape index (κ3) is 7.90. The van der Waals surface area contributed by atoms with E-state index in [-0.39, 0.29) is 16.6 Å². The van der Waals surface area contributed by atoms with E-state index in [1.165, 1.54) is 22.3 Å². The van der Waals surface area contributed by atoms with E-state index in [1.54, 1.807) is 0 Å². The Bertz CT molecular complexity index is 3010. The first kappa shape index (κ1) is 39.4. The summed E-state index contributed by atoms with van der Waals surface area (Å²) in [5, 5.41) is 12.2. The van der Waals surface area contributed by atoms with Crippen LogP contribution in [0, 0.1) is 0 Å². The quantitative estimate of drug-likeness (QED) is 0.167. The summed E-state index contributed by atoms with van der Waals surface area (Å²) in [7, 11) is 0. The summed E-state index contributed by atoms with van der Waals surface area (Å²) < 4.78 is 2.27. The number of benzene rings is 7. The van der Waals surface area contributed by atoms with Crippen LogP contribution >= 0.6 is 0 Å². The molecule has 0 bridgehead atoms. The monoisotopic (exact) mass is 793 g/mol. The first-order valence-corrected chi connectivity index (χ1v) is 21.2. The number of hydrogen-bond acceptors (Lipinski definition) is 3. The molecule has 0 spiro atoms. The van der Waals surface area contributed by atoms with E-state index in [2.05, 4.69) is 198 Å². The first-order valence-electron chi connectivity index (χ1n) is 21.2. The Labute approximate surface area is 359 Å². The number of fused-ring (bicyclic) bond motifs is 1. The number of imidazole rings is 1. The maximum atomic E-state index is 12.2. The molecule has 9 aromatic rings. The van der Waals surface area contributed by atoms with E-state index >= 15 is 0 Å². The minimum Gasteiger partial charge on any atom is -0.507 e. The predicted molar refractivity (Wildman–Crippen MR) is 254 cm³/mol. The van der Waals surface area contributed by atoms with Gasteiger partial charge in [-0.2, -0.15) is 0 Å². The zero-order chi connectivity index (χ0) is 42.3. The Balaban J connectivity index is 1.30. The van der Waals surface area contributed by atoms with Crippen molar-refractivity contribution in [3.8, 4) is 67.5 Å². The minimum atomic E-state index is -0.280. The molecule has 2 aromatic heterocycles. The zero-order valence-electron chi connectivity index (χ0n) is 35.8. The Morgan fingerprint density at radius 2 is 1.08 bits per heavy atom. The van der Waals surface area contributed by atoms with Gasteiger partial charge in [-0.05, 0) is 116 Å². The minimum absolute atomic E-state index is 0.219. The number of phenolic OH excluding ortho intramolecular Hbond substituents is 1. The van der Waals surface area contributed by atoms with Crippen LogP contribution in [-0.2, 0) is 17.3 Å². The number of hydrogen-bond donors (Lipinski definition) is 1. The van der Waals surface area contributed by atoms with Gasteiger partial charge in [0.25, 0.3) is 0 Å². The molecule has 0 saturated carbocycles. The Hall–Kier alpha value is -7.04. The standard InChI is InChI=1S/C57H51N3O/c1-56(2,3)48-26-16-25-47(54(48)61)55-59-53-46(24-17-27-52(53)60(55)51-29-28-42(36-49(51)57(4,5)6)40-20-12-8-13-21-40)44-33-39(32-38-18-10-7-11-19-38)34-45(35-44)50-37-43(30-31-58-50)41-22-14-9-15-23-41/h7-31,33-37,61H,32H2,1-6H3. The molecule has 9 rings (SSSR count). The van der Waals surface area contributed by atoms with Crippen molar-refractivity contribution in [1.29, 1.82) is 0 Å². The topological polar surface area (TPSA) is 50.9 Å². The third-order valence-corrected chi connectivity index (χ3v) is 11.6. The number of para-hydroxylation sites is 2. The summed E-state index contributed by atoms with van der Waals surface area (Å²) in [6.45, 7) is 13.2. The van der Waals surface area contributed by atoms with E-state index in [0.717, 1.165) is 67.8 Å². The van der Waals surface area contributed by atoms with Crippen LogP contribution in [0.3, 0.4) is 0 Å². The highest BCUT2D eigenvalue weighted by molar-refractivity contribution is 5.97. The van der Waals surface area contributed by atoms with Gasteiger partial charge in [0.15, 0.2) is 0 Å². The normalized spacial score (nSPS) is 11.9. The second-order valence-electron chi connectivity index (χ2n) is 18.1. The molecule has 0 aliphatic carbocycles. The fourth-order valence-corrected chi connectivity index (χ4v) is 8.56. The Morgan fingerprint density at radius 1 is 0.475 bits per heavy atom. The third-order valence-electron chi connectivity index (χ3n) is 11.6. The zero-order valence-corrected chi connectivity index (χ0v) is 35.8. The van der Waals surface area contributed by atoms with Crippen molar-refractivity contribution in [2.24, 2.45) is 0 Å². The lowest BCUT2D eigenvalue weighted by molar-refractivity contribution is 0.448. The van der Waals surface area contributed by atoms with E-state index in [9.17, 15) is 5.11 Å². The Kier molecular flexibility index (Phi) is 10.2. The van der Waals surface area contributed by atoms with Crippen molar-refractivity contribution in [1.82, 2.24) is 14.5 Å². The van der Waals surface area contributed by atoms with E-state index in [4.69, 9.17) is 9.97 Å². The number of pyridine rings is 1. The van der Waals surface area contributed by atoms with Crippen LogP contribution in [0.1, 0.15) is 63.8 Å². The highest BCUT2D eigenvalue weighted by Gasteiger charge is 2.28. The van der Waals surface area contributed by atoms with Gasteiger partial charge in [0.05, 0.1) is 28.0 Å². The molecule has 0 amide bonds. The van der Waals surface area contributed by atoms with E-state index in [0.29, 0.717) is 11.4 Å². The molecule has 4 heteroatoms. The summed E-state index contributed by atoms with van der Waals surface area (Å²) in [6, 6.07) is 62.1. The summed E-state index contributed by atoms with van der Waals surface area (Å²) in [6.07, 6.45) is 2.68. The number of nitrogens with zero attached hydrogens (tertiary/aromatic N) is 3. The molecule has 0 unspecified atom stereocenters. The van der Waals surface area contributed by atoms with Gasteiger partial charge in [-0.15, -0.1) is 0 Å². The summed E-state index contributed by atoms with van der Waals surface area (Å²) >= 11 is 0. The van der Waals surface area contributed by atoms with Crippen LogP contribution in [0.4, 0.5) is 0 Å². The van der Waals surface area contributed by atoms with Gasteiger partial charge < -0.3 is 5.11 Å². The summed E-state index contributed by atoms with van der Waals surface area (Å²) in [5.74, 6) is 0.949. The molecule has 0 radical (unpaired) electrons. The van der Waals surface area contributed by atoms with Gasteiger partial charge in [0, 0.05) is 17.3 Å². The molecular weight excluding hydrogens is 743 g/mol. The highest BCUT2D eigenvalue weighted by atomic mass is 16.3.